The molecule has 3 rings (SSSR count). The average Bonchev–Trinajstić information content (AvgIpc) is 3.05. The maximum Gasteiger partial charge on any atom is 0.236 e. The largest absolute Gasteiger partial charge is 0.474 e. The minimum atomic E-state index is -1.04. The summed E-state index contributed by atoms with van der Waals surface area (Å²) in [5, 5.41) is 10.9. The van der Waals surface area contributed by atoms with Crippen molar-refractivity contribution in [2.45, 2.75) is 39.3 Å². The molecule has 0 bridgehead atoms. The highest BCUT2D eigenvalue weighted by molar-refractivity contribution is 5.93. The van der Waals surface area contributed by atoms with Crippen LogP contribution in [0.2, 0.25) is 0 Å². The molecule has 2 atom stereocenters. The summed E-state index contributed by atoms with van der Waals surface area (Å²) < 4.78 is 5.77. The standard InChI is InChI=1S/C20H24N2O2/c1-19(2,3)20(4,23)17-12-8-11-15(21-17)18-22-16(13-24-18)14-9-6-5-7-10-14/h5-12,16,23H,13H2,1-4H3/t16-,20-/m0/s1. The van der Waals surface area contributed by atoms with Crippen LogP contribution in [0.4, 0.5) is 0 Å². The van der Waals surface area contributed by atoms with Crippen LogP contribution in [-0.2, 0) is 10.3 Å². The second-order valence-electron chi connectivity index (χ2n) is 7.40. The van der Waals surface area contributed by atoms with Crippen molar-refractivity contribution in [3.8, 4) is 0 Å². The van der Waals surface area contributed by atoms with Crippen LogP contribution in [0.15, 0.2) is 53.5 Å². The molecule has 126 valence electrons. The minimum Gasteiger partial charge on any atom is -0.474 e. The fourth-order valence-electron chi connectivity index (χ4n) is 2.57. The molecule has 0 spiro atoms. The highest BCUT2D eigenvalue weighted by Crippen LogP contribution is 2.38. The lowest BCUT2D eigenvalue weighted by atomic mass is 9.75. The van der Waals surface area contributed by atoms with Crippen molar-refractivity contribution in [3.63, 3.8) is 0 Å². The normalized spacial score (nSPS) is 20.2. The average molecular weight is 324 g/mol. The Morgan fingerprint density at radius 1 is 1.00 bits per heavy atom. The van der Waals surface area contributed by atoms with Gasteiger partial charge in [-0.2, -0.15) is 0 Å². The number of pyridine rings is 1. The van der Waals surface area contributed by atoms with Crippen molar-refractivity contribution in [2.75, 3.05) is 6.61 Å². The molecule has 4 nitrogen and oxygen atoms in total. The van der Waals surface area contributed by atoms with Gasteiger partial charge in [-0.25, -0.2) is 9.98 Å². The summed E-state index contributed by atoms with van der Waals surface area (Å²) in [4.78, 5) is 9.28. The zero-order valence-electron chi connectivity index (χ0n) is 14.7. The van der Waals surface area contributed by atoms with Crippen molar-refractivity contribution in [3.05, 3.63) is 65.5 Å². The molecule has 4 heteroatoms. The third-order valence-electron chi connectivity index (χ3n) is 4.76. The monoisotopic (exact) mass is 324 g/mol. The summed E-state index contributed by atoms with van der Waals surface area (Å²) in [6.07, 6.45) is 0. The molecule has 1 aromatic carbocycles. The molecule has 0 radical (unpaired) electrons. The lowest BCUT2D eigenvalue weighted by Gasteiger charge is -2.36. The van der Waals surface area contributed by atoms with Crippen molar-refractivity contribution in [1.29, 1.82) is 0 Å². The number of benzene rings is 1. The molecular formula is C20H24N2O2. The van der Waals surface area contributed by atoms with Gasteiger partial charge in [0.25, 0.3) is 0 Å². The Bertz CT molecular complexity index is 746. The van der Waals surface area contributed by atoms with E-state index in [2.05, 4.69) is 22.1 Å². The molecular weight excluding hydrogens is 300 g/mol. The third kappa shape index (κ3) is 3.06. The molecule has 2 heterocycles. The van der Waals surface area contributed by atoms with E-state index in [1.54, 1.807) is 6.92 Å². The Kier molecular flexibility index (Phi) is 4.18. The Labute approximate surface area is 143 Å². The number of rotatable bonds is 3. The first-order valence-electron chi connectivity index (χ1n) is 8.25. The van der Waals surface area contributed by atoms with Crippen molar-refractivity contribution >= 4 is 5.90 Å². The van der Waals surface area contributed by atoms with E-state index in [4.69, 9.17) is 4.74 Å². The minimum absolute atomic E-state index is 0.00483. The van der Waals surface area contributed by atoms with Crippen LogP contribution in [0.5, 0.6) is 0 Å². The van der Waals surface area contributed by atoms with Crippen molar-refractivity contribution in [2.24, 2.45) is 10.4 Å². The number of ether oxygens (including phenoxy) is 1. The number of nitrogens with zero attached hydrogens (tertiary/aromatic N) is 2. The van der Waals surface area contributed by atoms with E-state index in [0.29, 0.717) is 23.9 Å². The highest BCUT2D eigenvalue weighted by Gasteiger charge is 2.38. The van der Waals surface area contributed by atoms with Gasteiger partial charge >= 0.3 is 0 Å². The van der Waals surface area contributed by atoms with Crippen LogP contribution >= 0.6 is 0 Å². The van der Waals surface area contributed by atoms with Gasteiger partial charge in [0.2, 0.25) is 5.90 Å². The second-order valence-corrected chi connectivity index (χ2v) is 7.40. The van der Waals surface area contributed by atoms with Gasteiger partial charge in [-0.3, -0.25) is 0 Å². The van der Waals surface area contributed by atoms with Crippen molar-refractivity contribution in [1.82, 2.24) is 4.98 Å². The van der Waals surface area contributed by atoms with Gasteiger partial charge in [0, 0.05) is 0 Å². The molecule has 0 saturated heterocycles. The van der Waals surface area contributed by atoms with E-state index in [1.165, 1.54) is 0 Å². The van der Waals surface area contributed by atoms with Gasteiger partial charge in [0.1, 0.15) is 23.9 Å². The molecule has 1 N–H and O–H groups in total. The Morgan fingerprint density at radius 3 is 2.38 bits per heavy atom. The number of hydrogen-bond donors (Lipinski definition) is 1. The maximum absolute atomic E-state index is 10.9. The summed E-state index contributed by atoms with van der Waals surface area (Å²) in [6.45, 7) is 8.30. The van der Waals surface area contributed by atoms with E-state index < -0.39 is 5.60 Å². The zero-order valence-corrected chi connectivity index (χ0v) is 14.7. The number of aromatic nitrogens is 1. The Morgan fingerprint density at radius 2 is 1.71 bits per heavy atom. The molecule has 24 heavy (non-hydrogen) atoms. The molecule has 1 aliphatic rings. The van der Waals surface area contributed by atoms with Crippen LogP contribution in [0.3, 0.4) is 0 Å². The van der Waals surface area contributed by atoms with Crippen LogP contribution in [0, 0.1) is 5.41 Å². The fourth-order valence-corrected chi connectivity index (χ4v) is 2.57. The first-order valence-corrected chi connectivity index (χ1v) is 8.25. The van der Waals surface area contributed by atoms with Gasteiger partial charge in [0.05, 0.1) is 5.69 Å². The van der Waals surface area contributed by atoms with E-state index in [-0.39, 0.29) is 11.5 Å². The van der Waals surface area contributed by atoms with Crippen LogP contribution in [0.25, 0.3) is 0 Å². The molecule has 0 unspecified atom stereocenters. The molecule has 1 aliphatic heterocycles. The quantitative estimate of drug-likeness (QED) is 0.933. The number of aliphatic hydroxyl groups is 1. The van der Waals surface area contributed by atoms with Crippen LogP contribution in [0.1, 0.15) is 50.7 Å². The summed E-state index contributed by atoms with van der Waals surface area (Å²) in [5.74, 6) is 0.537. The number of aliphatic imine (C=N–C) groups is 1. The van der Waals surface area contributed by atoms with E-state index >= 15 is 0 Å². The number of hydrogen-bond acceptors (Lipinski definition) is 4. The Balaban J connectivity index is 1.90. The third-order valence-corrected chi connectivity index (χ3v) is 4.76. The molecule has 0 amide bonds. The van der Waals surface area contributed by atoms with Gasteiger partial charge in [-0.15, -0.1) is 0 Å². The summed E-state index contributed by atoms with van der Waals surface area (Å²) in [6, 6.07) is 15.7. The molecule has 1 aromatic heterocycles. The second kappa shape index (κ2) is 6.02. The topological polar surface area (TPSA) is 54.7 Å². The van der Waals surface area contributed by atoms with E-state index in [1.807, 2.05) is 57.2 Å². The molecule has 0 saturated carbocycles. The van der Waals surface area contributed by atoms with E-state index in [0.717, 1.165) is 5.56 Å². The van der Waals surface area contributed by atoms with Gasteiger partial charge < -0.3 is 9.84 Å². The van der Waals surface area contributed by atoms with Crippen LogP contribution < -0.4 is 0 Å². The first-order chi connectivity index (χ1) is 11.3. The lowest BCUT2D eigenvalue weighted by Crippen LogP contribution is -2.38. The summed E-state index contributed by atoms with van der Waals surface area (Å²) >= 11 is 0. The van der Waals surface area contributed by atoms with Crippen molar-refractivity contribution < 1.29 is 9.84 Å². The predicted octanol–water partition coefficient (Wildman–Crippen LogP) is 3.85. The lowest BCUT2D eigenvalue weighted by molar-refractivity contribution is -0.0506. The smallest absolute Gasteiger partial charge is 0.236 e. The fraction of sp³-hybridized carbons (Fsp3) is 0.400. The maximum atomic E-state index is 10.9. The molecule has 0 fully saturated rings. The highest BCUT2D eigenvalue weighted by atomic mass is 16.5. The summed E-state index contributed by atoms with van der Waals surface area (Å²) in [5.41, 5.74) is 1.05. The van der Waals surface area contributed by atoms with Gasteiger partial charge in [0.15, 0.2) is 0 Å². The molecule has 2 aromatic rings. The Hall–Kier alpha value is -2.20. The van der Waals surface area contributed by atoms with Crippen LogP contribution in [-0.4, -0.2) is 22.6 Å². The predicted molar refractivity (Wildman–Crippen MR) is 94.9 cm³/mol. The molecule has 0 aliphatic carbocycles. The van der Waals surface area contributed by atoms with E-state index in [9.17, 15) is 5.11 Å². The van der Waals surface area contributed by atoms with Gasteiger partial charge in [-0.1, -0.05) is 57.2 Å². The SMILES string of the molecule is CC(C)(C)[C@@](C)(O)c1cccc(C2=N[C@H](c3ccccc3)CO2)n1. The van der Waals surface area contributed by atoms with Gasteiger partial charge in [-0.05, 0) is 30.0 Å². The summed E-state index contributed by atoms with van der Waals surface area (Å²) in [7, 11) is 0. The zero-order chi connectivity index (χ0) is 17.4. The first kappa shape index (κ1) is 16.7.